The second-order valence-electron chi connectivity index (χ2n) is 15.6. The molecular formula is C57H36. The molecular weight excluding hydrogens is 685 g/mol. The third-order valence-corrected chi connectivity index (χ3v) is 12.6. The van der Waals surface area contributed by atoms with Crippen LogP contribution in [0.4, 0.5) is 0 Å². The van der Waals surface area contributed by atoms with E-state index in [9.17, 15) is 0 Å². The lowest BCUT2D eigenvalue weighted by atomic mass is 9.66. The summed E-state index contributed by atoms with van der Waals surface area (Å²) in [5, 5.41) is 12.6. The Kier molecular flexibility index (Phi) is 6.94. The molecule has 12 rings (SSSR count). The lowest BCUT2D eigenvalue weighted by Gasteiger charge is -2.35. The highest BCUT2D eigenvalue weighted by atomic mass is 14.5. The van der Waals surface area contributed by atoms with E-state index in [-0.39, 0.29) is 0 Å². The maximum Gasteiger partial charge on any atom is 0.0719 e. The van der Waals surface area contributed by atoms with E-state index in [0.717, 1.165) is 0 Å². The van der Waals surface area contributed by atoms with Gasteiger partial charge in [0.05, 0.1) is 5.41 Å². The monoisotopic (exact) mass is 720 g/mol. The van der Waals surface area contributed by atoms with Gasteiger partial charge in [-0.1, -0.05) is 194 Å². The van der Waals surface area contributed by atoms with E-state index in [0.29, 0.717) is 0 Å². The second-order valence-corrected chi connectivity index (χ2v) is 15.6. The van der Waals surface area contributed by atoms with Gasteiger partial charge in [-0.3, -0.25) is 0 Å². The molecule has 0 aliphatic heterocycles. The normalized spacial score (nSPS) is 13.1. The van der Waals surface area contributed by atoms with Crippen LogP contribution in [0.1, 0.15) is 22.3 Å². The third kappa shape index (κ3) is 4.62. The van der Waals surface area contributed by atoms with Crippen LogP contribution < -0.4 is 0 Å². The zero-order valence-electron chi connectivity index (χ0n) is 31.3. The van der Waals surface area contributed by atoms with Gasteiger partial charge < -0.3 is 0 Å². The number of benzene rings is 11. The quantitative estimate of drug-likeness (QED) is 0.125. The van der Waals surface area contributed by atoms with E-state index in [1.54, 1.807) is 0 Å². The molecule has 11 aromatic rings. The molecule has 0 aromatic heterocycles. The van der Waals surface area contributed by atoms with Gasteiger partial charge in [-0.2, -0.15) is 0 Å². The molecule has 0 saturated carbocycles. The Morgan fingerprint density at radius 2 is 0.842 bits per heavy atom. The Morgan fingerprint density at radius 3 is 1.63 bits per heavy atom. The van der Waals surface area contributed by atoms with E-state index >= 15 is 0 Å². The predicted molar refractivity (Wildman–Crippen MR) is 242 cm³/mol. The molecule has 0 bridgehead atoms. The maximum absolute atomic E-state index is 2.52. The summed E-state index contributed by atoms with van der Waals surface area (Å²) in [6.45, 7) is 0. The van der Waals surface area contributed by atoms with Gasteiger partial charge in [0.2, 0.25) is 0 Å². The van der Waals surface area contributed by atoms with Crippen molar-refractivity contribution in [2.24, 2.45) is 0 Å². The van der Waals surface area contributed by atoms with Crippen LogP contribution >= 0.6 is 0 Å². The minimum atomic E-state index is -0.560. The van der Waals surface area contributed by atoms with Crippen molar-refractivity contribution in [1.29, 1.82) is 0 Å². The fourth-order valence-corrected chi connectivity index (χ4v) is 10.2. The fraction of sp³-hybridized carbons (Fsp3) is 0.0175. The molecule has 11 aromatic carbocycles. The molecule has 0 heterocycles. The Bertz CT molecular complexity index is 3350. The highest BCUT2D eigenvalue weighted by Crippen LogP contribution is 2.60. The number of fused-ring (bicyclic) bond motifs is 10. The lowest BCUT2D eigenvalue weighted by Crippen LogP contribution is -2.28. The van der Waals surface area contributed by atoms with Crippen LogP contribution in [0.25, 0.3) is 87.2 Å². The summed E-state index contributed by atoms with van der Waals surface area (Å²) in [7, 11) is 0. The fourth-order valence-electron chi connectivity index (χ4n) is 10.2. The molecule has 264 valence electrons. The zero-order chi connectivity index (χ0) is 37.5. The molecule has 0 heteroatoms. The van der Waals surface area contributed by atoms with E-state index in [2.05, 4.69) is 218 Å². The molecule has 0 saturated heterocycles. The van der Waals surface area contributed by atoms with Gasteiger partial charge in [-0.15, -0.1) is 0 Å². The van der Waals surface area contributed by atoms with Gasteiger partial charge in [0.1, 0.15) is 0 Å². The Morgan fingerprint density at radius 1 is 0.263 bits per heavy atom. The van der Waals surface area contributed by atoms with Gasteiger partial charge in [0.15, 0.2) is 0 Å². The standard InChI is InChI=1S/C57H36/c1-3-19-44(20-4-1)57(45-21-5-2-6-22-45)53-26-14-13-25-49(53)55-50(41-28-27-37-15-7-8-17-39(37)33-41)34-42-29-30-43(36-51(42)56(55)57)54-47-24-12-10-18-40(47)35-52-46-23-11-9-16-38(46)31-32-48(52)54/h1-36H. The molecule has 0 amide bonds. The largest absolute Gasteiger partial charge is 0.0719 e. The van der Waals surface area contributed by atoms with Crippen LogP contribution in [-0.4, -0.2) is 0 Å². The van der Waals surface area contributed by atoms with Crippen molar-refractivity contribution >= 4 is 53.9 Å². The van der Waals surface area contributed by atoms with E-state index in [4.69, 9.17) is 0 Å². The Balaban J connectivity index is 1.26. The second kappa shape index (κ2) is 12.4. The van der Waals surface area contributed by atoms with Gasteiger partial charge in [0, 0.05) is 0 Å². The topological polar surface area (TPSA) is 0 Å². The van der Waals surface area contributed by atoms with Crippen molar-refractivity contribution in [3.8, 4) is 33.4 Å². The van der Waals surface area contributed by atoms with Crippen molar-refractivity contribution in [2.75, 3.05) is 0 Å². The highest BCUT2D eigenvalue weighted by Gasteiger charge is 2.48. The molecule has 1 aliphatic carbocycles. The molecule has 57 heavy (non-hydrogen) atoms. The van der Waals surface area contributed by atoms with Crippen molar-refractivity contribution in [3.05, 3.63) is 241 Å². The van der Waals surface area contributed by atoms with Crippen molar-refractivity contribution in [1.82, 2.24) is 0 Å². The summed E-state index contributed by atoms with van der Waals surface area (Å²) in [5.74, 6) is 0. The molecule has 0 atom stereocenters. The minimum Gasteiger partial charge on any atom is -0.0622 e. The first-order valence-corrected chi connectivity index (χ1v) is 19.9. The van der Waals surface area contributed by atoms with Crippen LogP contribution in [0.3, 0.4) is 0 Å². The number of rotatable bonds is 4. The summed E-state index contributed by atoms with van der Waals surface area (Å²) in [5.41, 5.74) is 12.3. The van der Waals surface area contributed by atoms with Crippen molar-refractivity contribution < 1.29 is 0 Å². The predicted octanol–water partition coefficient (Wildman–Crippen LogP) is 15.1. The smallest absolute Gasteiger partial charge is 0.0622 e. The van der Waals surface area contributed by atoms with Crippen LogP contribution in [0.2, 0.25) is 0 Å². The molecule has 0 fully saturated rings. The SMILES string of the molecule is c1ccc(C2(c3ccccc3)c3ccccc3-c3c(-c4ccc5ccccc5c4)cc4ccc(-c5c6ccccc6cc6c5ccc5ccccc56)cc4c32)cc1. The molecule has 0 radical (unpaired) electrons. The molecule has 0 spiro atoms. The maximum atomic E-state index is 2.52. The lowest BCUT2D eigenvalue weighted by molar-refractivity contribution is 0.775. The first kappa shape index (κ1) is 32.0. The van der Waals surface area contributed by atoms with E-state index in [1.165, 1.54) is 109 Å². The molecule has 1 aliphatic rings. The summed E-state index contributed by atoms with van der Waals surface area (Å²) >= 11 is 0. The molecule has 0 N–H and O–H groups in total. The van der Waals surface area contributed by atoms with E-state index < -0.39 is 5.41 Å². The van der Waals surface area contributed by atoms with Crippen LogP contribution in [0, 0.1) is 0 Å². The first-order chi connectivity index (χ1) is 28.3. The Labute approximate surface area is 331 Å². The van der Waals surface area contributed by atoms with Crippen LogP contribution in [0.5, 0.6) is 0 Å². The Hall–Kier alpha value is -7.28. The average Bonchev–Trinajstić information content (AvgIpc) is 3.60. The van der Waals surface area contributed by atoms with Crippen molar-refractivity contribution in [2.45, 2.75) is 5.41 Å². The van der Waals surface area contributed by atoms with Crippen LogP contribution in [-0.2, 0) is 5.41 Å². The molecule has 0 unspecified atom stereocenters. The zero-order valence-corrected chi connectivity index (χ0v) is 31.3. The number of hydrogen-bond acceptors (Lipinski definition) is 0. The summed E-state index contributed by atoms with van der Waals surface area (Å²) in [6.07, 6.45) is 0. The van der Waals surface area contributed by atoms with E-state index in [1.807, 2.05) is 0 Å². The van der Waals surface area contributed by atoms with Gasteiger partial charge in [0.25, 0.3) is 0 Å². The van der Waals surface area contributed by atoms with Crippen LogP contribution in [0.15, 0.2) is 218 Å². The van der Waals surface area contributed by atoms with Gasteiger partial charge >= 0.3 is 0 Å². The first-order valence-electron chi connectivity index (χ1n) is 19.9. The number of hydrogen-bond donors (Lipinski definition) is 0. The summed E-state index contributed by atoms with van der Waals surface area (Å²) in [6, 6.07) is 81.7. The molecule has 0 nitrogen and oxygen atoms in total. The summed E-state index contributed by atoms with van der Waals surface area (Å²) < 4.78 is 0. The minimum absolute atomic E-state index is 0.560. The van der Waals surface area contributed by atoms with Gasteiger partial charge in [-0.25, -0.2) is 0 Å². The highest BCUT2D eigenvalue weighted by molar-refractivity contribution is 6.21. The summed E-state index contributed by atoms with van der Waals surface area (Å²) in [4.78, 5) is 0. The van der Waals surface area contributed by atoms with Gasteiger partial charge in [-0.05, 0) is 134 Å². The average molecular weight is 721 g/mol. The third-order valence-electron chi connectivity index (χ3n) is 12.6. The van der Waals surface area contributed by atoms with Crippen molar-refractivity contribution in [3.63, 3.8) is 0 Å².